The molecule has 0 unspecified atom stereocenters. The number of phenolic OH excluding ortho intramolecular Hbond substituents is 1. The number of amides is 1. The topological polar surface area (TPSA) is 109 Å². The third kappa shape index (κ3) is 2.98. The fourth-order valence-corrected chi connectivity index (χ4v) is 2.46. The average molecular weight is 326 g/mol. The number of hydrogen-bond acceptors (Lipinski definition) is 5. The number of para-hydroxylation sites is 1. The Morgan fingerprint density at radius 2 is 2.21 bits per heavy atom. The summed E-state index contributed by atoms with van der Waals surface area (Å²) in [5.74, 6) is 0.494. The van der Waals surface area contributed by atoms with Gasteiger partial charge in [0.05, 0.1) is 11.7 Å². The number of H-pyrrole nitrogens is 1. The summed E-state index contributed by atoms with van der Waals surface area (Å²) in [5.41, 5.74) is 1.37. The molecular formula is C16H18N6O2. The van der Waals surface area contributed by atoms with Gasteiger partial charge in [-0.2, -0.15) is 10.2 Å². The average Bonchev–Trinajstić information content (AvgIpc) is 3.24. The van der Waals surface area contributed by atoms with Crippen molar-refractivity contribution in [1.82, 2.24) is 30.3 Å². The third-order valence-corrected chi connectivity index (χ3v) is 3.68. The predicted octanol–water partition coefficient (Wildman–Crippen LogP) is 1.88. The second-order valence-electron chi connectivity index (χ2n) is 5.31. The van der Waals surface area contributed by atoms with E-state index in [4.69, 9.17) is 0 Å². The van der Waals surface area contributed by atoms with Gasteiger partial charge in [-0.05, 0) is 32.0 Å². The van der Waals surface area contributed by atoms with E-state index in [-0.39, 0.29) is 17.7 Å². The fraction of sp³-hybridized carbons (Fsp3) is 0.250. The number of aromatic amines is 1. The molecule has 24 heavy (non-hydrogen) atoms. The van der Waals surface area contributed by atoms with Crippen molar-refractivity contribution in [1.29, 1.82) is 0 Å². The van der Waals surface area contributed by atoms with E-state index in [9.17, 15) is 9.90 Å². The minimum atomic E-state index is -0.303. The summed E-state index contributed by atoms with van der Waals surface area (Å²) in [7, 11) is 0. The summed E-state index contributed by atoms with van der Waals surface area (Å²) in [4.78, 5) is 16.6. The van der Waals surface area contributed by atoms with Crippen LogP contribution >= 0.6 is 0 Å². The van der Waals surface area contributed by atoms with Crippen LogP contribution in [0.2, 0.25) is 0 Å². The summed E-state index contributed by atoms with van der Waals surface area (Å²) in [6, 6.07) is 8.13. The van der Waals surface area contributed by atoms with Crippen molar-refractivity contribution in [3.63, 3.8) is 0 Å². The summed E-state index contributed by atoms with van der Waals surface area (Å²) in [6.45, 7) is 4.48. The van der Waals surface area contributed by atoms with E-state index >= 15 is 0 Å². The molecule has 0 bridgehead atoms. The zero-order valence-corrected chi connectivity index (χ0v) is 13.4. The molecular weight excluding hydrogens is 308 g/mol. The van der Waals surface area contributed by atoms with Crippen LogP contribution in [-0.2, 0) is 6.54 Å². The molecule has 3 aromatic rings. The number of carbonyl (C=O) groups excluding carboxylic acids is 1. The van der Waals surface area contributed by atoms with Crippen LogP contribution in [0.4, 0.5) is 0 Å². The molecule has 1 aromatic carbocycles. The van der Waals surface area contributed by atoms with Gasteiger partial charge < -0.3 is 10.4 Å². The second kappa shape index (κ2) is 6.53. The first-order valence-corrected chi connectivity index (χ1v) is 7.62. The van der Waals surface area contributed by atoms with Crippen LogP contribution < -0.4 is 5.32 Å². The van der Waals surface area contributed by atoms with Gasteiger partial charge in [0.15, 0.2) is 0 Å². The number of nitrogens with zero attached hydrogens (tertiary/aromatic N) is 4. The zero-order valence-electron chi connectivity index (χ0n) is 13.4. The number of benzene rings is 1. The van der Waals surface area contributed by atoms with Gasteiger partial charge in [0, 0.05) is 12.1 Å². The summed E-state index contributed by atoms with van der Waals surface area (Å²) < 4.78 is 1.73. The Bertz CT molecular complexity index is 854. The van der Waals surface area contributed by atoms with Gasteiger partial charge in [0.2, 0.25) is 0 Å². The minimum absolute atomic E-state index is 0.111. The van der Waals surface area contributed by atoms with Gasteiger partial charge in [-0.25, -0.2) is 9.67 Å². The first-order chi connectivity index (χ1) is 11.6. The lowest BCUT2D eigenvalue weighted by molar-refractivity contribution is 0.0932. The quantitative estimate of drug-likeness (QED) is 0.663. The van der Waals surface area contributed by atoms with E-state index in [2.05, 4.69) is 25.6 Å². The van der Waals surface area contributed by atoms with Gasteiger partial charge >= 0.3 is 0 Å². The molecule has 8 heteroatoms. The first kappa shape index (κ1) is 15.7. The SMILES string of the molecule is CCn1ncnc1[C@H](C)NC(=O)c1cc(-c2ccccc2O)n[nH]1. The van der Waals surface area contributed by atoms with Crippen molar-refractivity contribution in [3.05, 3.63) is 48.2 Å². The summed E-state index contributed by atoms with van der Waals surface area (Å²) in [5, 5.41) is 23.6. The number of phenols is 1. The predicted molar refractivity (Wildman–Crippen MR) is 87.3 cm³/mol. The van der Waals surface area contributed by atoms with Crippen LogP contribution in [0.3, 0.4) is 0 Å². The maximum absolute atomic E-state index is 12.4. The van der Waals surface area contributed by atoms with E-state index in [0.717, 1.165) is 0 Å². The van der Waals surface area contributed by atoms with Crippen LogP contribution in [0.5, 0.6) is 5.75 Å². The fourth-order valence-electron chi connectivity index (χ4n) is 2.46. The lowest BCUT2D eigenvalue weighted by Crippen LogP contribution is -2.29. The maximum atomic E-state index is 12.4. The number of rotatable bonds is 5. The zero-order chi connectivity index (χ0) is 17.1. The molecule has 2 aromatic heterocycles. The molecule has 1 amide bonds. The van der Waals surface area contributed by atoms with E-state index < -0.39 is 0 Å². The molecule has 124 valence electrons. The van der Waals surface area contributed by atoms with Crippen LogP contribution in [-0.4, -0.2) is 36.0 Å². The number of aromatic hydroxyl groups is 1. The van der Waals surface area contributed by atoms with E-state index in [0.29, 0.717) is 29.3 Å². The lowest BCUT2D eigenvalue weighted by atomic mass is 10.1. The normalized spacial score (nSPS) is 12.1. The Morgan fingerprint density at radius 3 is 2.96 bits per heavy atom. The van der Waals surface area contributed by atoms with E-state index in [1.165, 1.54) is 6.33 Å². The molecule has 0 radical (unpaired) electrons. The number of hydrogen-bond donors (Lipinski definition) is 3. The second-order valence-corrected chi connectivity index (χ2v) is 5.31. The Morgan fingerprint density at radius 1 is 1.42 bits per heavy atom. The molecule has 1 atom stereocenters. The molecule has 0 spiro atoms. The van der Waals surface area contributed by atoms with Crippen molar-refractivity contribution in [3.8, 4) is 17.0 Å². The van der Waals surface area contributed by atoms with Crippen molar-refractivity contribution in [2.24, 2.45) is 0 Å². The van der Waals surface area contributed by atoms with Gasteiger partial charge in [0.1, 0.15) is 23.6 Å². The molecule has 3 rings (SSSR count). The van der Waals surface area contributed by atoms with E-state index in [1.807, 2.05) is 13.8 Å². The highest BCUT2D eigenvalue weighted by atomic mass is 16.3. The Labute approximate surface area is 138 Å². The molecule has 0 aliphatic rings. The Hall–Kier alpha value is -3.16. The summed E-state index contributed by atoms with van der Waals surface area (Å²) >= 11 is 0. The molecule has 0 aliphatic carbocycles. The Kier molecular flexibility index (Phi) is 4.28. The van der Waals surface area contributed by atoms with Crippen LogP contribution in [0.25, 0.3) is 11.3 Å². The molecule has 2 heterocycles. The lowest BCUT2D eigenvalue weighted by Gasteiger charge is -2.13. The number of nitrogens with one attached hydrogen (secondary N) is 2. The van der Waals surface area contributed by atoms with Crippen molar-refractivity contribution < 1.29 is 9.90 Å². The van der Waals surface area contributed by atoms with Gasteiger partial charge in [-0.1, -0.05) is 12.1 Å². The van der Waals surface area contributed by atoms with E-state index in [1.54, 1.807) is 35.0 Å². The highest BCUT2D eigenvalue weighted by Gasteiger charge is 2.18. The van der Waals surface area contributed by atoms with Gasteiger partial charge in [-0.3, -0.25) is 9.89 Å². The first-order valence-electron chi connectivity index (χ1n) is 7.62. The number of aryl methyl sites for hydroxylation is 1. The van der Waals surface area contributed by atoms with Crippen LogP contribution in [0, 0.1) is 0 Å². The Balaban J connectivity index is 1.76. The standard InChI is InChI=1S/C16H18N6O2/c1-3-22-15(17-9-18-22)10(2)19-16(24)13-8-12(20-21-13)11-6-4-5-7-14(11)23/h4-10,23H,3H2,1-2H3,(H,19,24)(H,20,21)/t10-/m0/s1. The monoisotopic (exact) mass is 326 g/mol. The molecule has 0 saturated carbocycles. The smallest absolute Gasteiger partial charge is 0.269 e. The van der Waals surface area contributed by atoms with Crippen LogP contribution in [0.15, 0.2) is 36.7 Å². The van der Waals surface area contributed by atoms with Crippen LogP contribution in [0.1, 0.15) is 36.2 Å². The maximum Gasteiger partial charge on any atom is 0.269 e. The van der Waals surface area contributed by atoms with Gasteiger partial charge in [-0.15, -0.1) is 0 Å². The molecule has 0 saturated heterocycles. The molecule has 8 nitrogen and oxygen atoms in total. The molecule has 3 N–H and O–H groups in total. The molecule has 0 fully saturated rings. The summed E-state index contributed by atoms with van der Waals surface area (Å²) in [6.07, 6.45) is 1.47. The third-order valence-electron chi connectivity index (χ3n) is 3.68. The number of aromatic nitrogens is 5. The highest BCUT2D eigenvalue weighted by Crippen LogP contribution is 2.27. The molecule has 0 aliphatic heterocycles. The minimum Gasteiger partial charge on any atom is -0.507 e. The number of carbonyl (C=O) groups is 1. The van der Waals surface area contributed by atoms with Gasteiger partial charge in [0.25, 0.3) is 5.91 Å². The largest absolute Gasteiger partial charge is 0.507 e. The van der Waals surface area contributed by atoms with Crippen molar-refractivity contribution in [2.45, 2.75) is 26.4 Å². The van der Waals surface area contributed by atoms with Crippen molar-refractivity contribution >= 4 is 5.91 Å². The highest BCUT2D eigenvalue weighted by molar-refractivity contribution is 5.93. The van der Waals surface area contributed by atoms with Crippen molar-refractivity contribution in [2.75, 3.05) is 0 Å².